The van der Waals surface area contributed by atoms with Gasteiger partial charge in [-0.25, -0.2) is 0 Å². The van der Waals surface area contributed by atoms with Gasteiger partial charge < -0.3 is 19.3 Å². The van der Waals surface area contributed by atoms with Crippen LogP contribution >= 0.6 is 0 Å². The second-order valence-electron chi connectivity index (χ2n) is 2.77. The van der Waals surface area contributed by atoms with Crippen molar-refractivity contribution in [2.75, 3.05) is 6.61 Å². The number of aliphatic imine (C=N–C) groups is 1. The van der Waals surface area contributed by atoms with E-state index in [2.05, 4.69) is 11.4 Å². The lowest BCUT2D eigenvalue weighted by molar-refractivity contribution is -0.123. The molecule has 1 aromatic carbocycles. The van der Waals surface area contributed by atoms with Crippen molar-refractivity contribution in [2.24, 2.45) is 4.99 Å². The van der Waals surface area contributed by atoms with Crippen LogP contribution in [0.4, 0.5) is 0 Å². The maximum Gasteiger partial charge on any atom is 0.131 e. The summed E-state index contributed by atoms with van der Waals surface area (Å²) in [4.78, 5) is 14.3. The Kier molecular flexibility index (Phi) is 2.44. The fraction of sp³-hybridized carbons (Fsp3) is 0.200. The first-order chi connectivity index (χ1) is 6.86. The Hall–Kier alpha value is -1.84. The van der Waals surface area contributed by atoms with E-state index in [-0.39, 0.29) is 12.5 Å². The van der Waals surface area contributed by atoms with Crippen molar-refractivity contribution in [1.29, 1.82) is 0 Å². The molecule has 0 radical (unpaired) electrons. The minimum Gasteiger partial charge on any atom is -0.574 e. The second-order valence-corrected chi connectivity index (χ2v) is 2.77. The van der Waals surface area contributed by atoms with Crippen molar-refractivity contribution in [3.05, 3.63) is 30.3 Å². The number of carbonyl (C=O) groups is 1. The molecule has 0 aliphatic carbocycles. The lowest BCUT2D eigenvalue weighted by Gasteiger charge is -2.14. The van der Waals surface area contributed by atoms with Crippen LogP contribution in [0.5, 0.6) is 5.75 Å². The zero-order chi connectivity index (χ0) is 9.80. The third-order valence-electron chi connectivity index (χ3n) is 1.77. The monoisotopic (exact) mass is 190 g/mol. The zero-order valence-corrected chi connectivity index (χ0v) is 7.34. The number of carbonyl (C=O) groups excluding carboxylic acids is 1. The van der Waals surface area contributed by atoms with Gasteiger partial charge in [0, 0.05) is 6.40 Å². The summed E-state index contributed by atoms with van der Waals surface area (Å²) in [6, 6.07) is 9.22. The molecule has 1 atom stereocenters. The normalized spacial score (nSPS) is 19.4. The largest absolute Gasteiger partial charge is 0.574 e. The summed E-state index contributed by atoms with van der Waals surface area (Å²) in [6.45, 7) is 0.166. The smallest absolute Gasteiger partial charge is 0.131 e. The van der Waals surface area contributed by atoms with E-state index in [0.29, 0.717) is 5.75 Å². The molecule has 4 nitrogen and oxygen atoms in total. The highest BCUT2D eigenvalue weighted by molar-refractivity contribution is 5.91. The molecule has 0 fully saturated rings. The van der Waals surface area contributed by atoms with Crippen LogP contribution in [0.3, 0.4) is 0 Å². The summed E-state index contributed by atoms with van der Waals surface area (Å²) < 4.78 is 10.1. The standard InChI is InChI=1S/C10H8NO3/c12-10-9(14-7-11-10)6-13-8-4-2-1-3-5-8/h1-5,9H,6H2/q-1. The highest BCUT2D eigenvalue weighted by Crippen LogP contribution is 2.10. The van der Waals surface area contributed by atoms with Gasteiger partial charge in [0.1, 0.15) is 24.4 Å². The molecular formula is C10H8NO3-. The van der Waals surface area contributed by atoms with Crippen LogP contribution < -0.4 is 4.74 Å². The molecule has 1 unspecified atom stereocenters. The zero-order valence-electron chi connectivity index (χ0n) is 7.34. The van der Waals surface area contributed by atoms with Crippen molar-refractivity contribution in [1.82, 2.24) is 0 Å². The van der Waals surface area contributed by atoms with Gasteiger partial charge in [-0.1, -0.05) is 18.2 Å². The predicted octanol–water partition coefficient (Wildman–Crippen LogP) is 0.896. The topological polar surface area (TPSA) is 47.9 Å². The third-order valence-corrected chi connectivity index (χ3v) is 1.77. The number of amides is 1. The average molecular weight is 190 g/mol. The molecule has 2 rings (SSSR count). The lowest BCUT2D eigenvalue weighted by Crippen LogP contribution is -2.24. The van der Waals surface area contributed by atoms with Crippen LogP contribution in [0.25, 0.3) is 0 Å². The van der Waals surface area contributed by atoms with Gasteiger partial charge in [0.2, 0.25) is 0 Å². The fourth-order valence-electron chi connectivity index (χ4n) is 1.05. The Bertz CT molecular complexity index is 348. The van der Waals surface area contributed by atoms with Crippen LogP contribution in [-0.4, -0.2) is 25.0 Å². The van der Waals surface area contributed by atoms with Crippen molar-refractivity contribution in [2.45, 2.75) is 6.10 Å². The Morgan fingerprint density at radius 2 is 2.21 bits per heavy atom. The van der Waals surface area contributed by atoms with Crippen LogP contribution in [0.1, 0.15) is 0 Å². The molecule has 0 N–H and O–H groups in total. The van der Waals surface area contributed by atoms with Gasteiger partial charge in [0.05, 0.1) is 0 Å². The molecule has 1 aliphatic heterocycles. The first-order valence-electron chi connectivity index (χ1n) is 4.19. The molecule has 1 aromatic rings. The van der Waals surface area contributed by atoms with E-state index in [0.717, 1.165) is 0 Å². The Balaban J connectivity index is 1.86. The lowest BCUT2D eigenvalue weighted by atomic mass is 10.3. The fourth-order valence-corrected chi connectivity index (χ4v) is 1.05. The first-order valence-corrected chi connectivity index (χ1v) is 4.19. The van der Waals surface area contributed by atoms with E-state index in [1.54, 1.807) is 0 Å². The van der Waals surface area contributed by atoms with Crippen molar-refractivity contribution in [3.8, 4) is 5.75 Å². The summed E-state index contributed by atoms with van der Waals surface area (Å²) in [5, 5.41) is 0. The number of para-hydroxylation sites is 1. The van der Waals surface area contributed by atoms with Gasteiger partial charge in [-0.05, 0) is 12.1 Å². The van der Waals surface area contributed by atoms with Gasteiger partial charge in [-0.2, -0.15) is 0 Å². The molecular weight excluding hydrogens is 182 g/mol. The van der Waals surface area contributed by atoms with Gasteiger partial charge in [-0.3, -0.25) is 0 Å². The Morgan fingerprint density at radius 1 is 1.43 bits per heavy atom. The van der Waals surface area contributed by atoms with Gasteiger partial charge in [-0.15, -0.1) is 0 Å². The van der Waals surface area contributed by atoms with E-state index in [1.807, 2.05) is 30.3 Å². The molecule has 0 bridgehead atoms. The van der Waals surface area contributed by atoms with Crippen molar-refractivity contribution < 1.29 is 14.3 Å². The molecule has 1 aliphatic rings. The number of hydrogen-bond acceptors (Lipinski definition) is 3. The van der Waals surface area contributed by atoms with E-state index in [1.165, 1.54) is 0 Å². The molecule has 0 spiro atoms. The van der Waals surface area contributed by atoms with E-state index in [4.69, 9.17) is 9.47 Å². The van der Waals surface area contributed by atoms with Gasteiger partial charge in [0.15, 0.2) is 0 Å². The summed E-state index contributed by atoms with van der Waals surface area (Å²) in [7, 11) is 0. The maximum atomic E-state index is 11.0. The van der Waals surface area contributed by atoms with Gasteiger partial charge >= 0.3 is 0 Å². The number of benzene rings is 1. The van der Waals surface area contributed by atoms with Crippen molar-refractivity contribution in [3.63, 3.8) is 0 Å². The molecule has 1 heterocycles. The quantitative estimate of drug-likeness (QED) is 0.665. The SMILES string of the molecule is O=C1N=[C-]OC1COc1ccccc1. The van der Waals surface area contributed by atoms with E-state index < -0.39 is 6.10 Å². The predicted molar refractivity (Wildman–Crippen MR) is 49.3 cm³/mol. The minimum atomic E-state index is -0.643. The highest BCUT2D eigenvalue weighted by Gasteiger charge is 2.13. The summed E-state index contributed by atoms with van der Waals surface area (Å²) in [6.07, 6.45) is 1.51. The number of nitrogens with zero attached hydrogens (tertiary/aromatic N) is 1. The number of rotatable bonds is 3. The van der Waals surface area contributed by atoms with Crippen LogP contribution in [0, 0.1) is 0 Å². The average Bonchev–Trinajstić information content (AvgIpc) is 2.63. The maximum absolute atomic E-state index is 11.0. The molecule has 0 aromatic heterocycles. The first kappa shape index (κ1) is 8.74. The Morgan fingerprint density at radius 3 is 2.86 bits per heavy atom. The summed E-state index contributed by atoms with van der Waals surface area (Å²) in [5.41, 5.74) is 0. The summed E-state index contributed by atoms with van der Waals surface area (Å²) in [5.74, 6) is 0.358. The third kappa shape index (κ3) is 1.90. The second kappa shape index (κ2) is 3.91. The van der Waals surface area contributed by atoms with E-state index >= 15 is 0 Å². The number of hydrogen-bond donors (Lipinski definition) is 0. The molecule has 0 saturated heterocycles. The number of ether oxygens (including phenoxy) is 2. The molecule has 72 valence electrons. The highest BCUT2D eigenvalue weighted by atomic mass is 16.5. The van der Waals surface area contributed by atoms with Crippen LogP contribution in [0.15, 0.2) is 35.3 Å². The van der Waals surface area contributed by atoms with Crippen LogP contribution in [-0.2, 0) is 9.53 Å². The Labute approximate surface area is 81.2 Å². The van der Waals surface area contributed by atoms with Crippen LogP contribution in [0.2, 0.25) is 0 Å². The van der Waals surface area contributed by atoms with Gasteiger partial charge in [0.25, 0.3) is 0 Å². The summed E-state index contributed by atoms with van der Waals surface area (Å²) >= 11 is 0. The molecule has 0 saturated carbocycles. The molecule has 1 amide bonds. The van der Waals surface area contributed by atoms with Crippen molar-refractivity contribution >= 4 is 12.3 Å². The molecule has 4 heteroatoms. The molecule has 14 heavy (non-hydrogen) atoms. The minimum absolute atomic E-state index is 0.166. The van der Waals surface area contributed by atoms with E-state index in [9.17, 15) is 4.79 Å².